The quantitative estimate of drug-likeness (QED) is 0.785. The van der Waals surface area contributed by atoms with Crippen LogP contribution in [0.15, 0.2) is 18.2 Å². The summed E-state index contributed by atoms with van der Waals surface area (Å²) in [5.74, 6) is 1.19. The predicted octanol–water partition coefficient (Wildman–Crippen LogP) is 1.38. The first-order valence-corrected chi connectivity index (χ1v) is 5.43. The summed E-state index contributed by atoms with van der Waals surface area (Å²) in [6.45, 7) is 0.507. The van der Waals surface area contributed by atoms with Crippen molar-refractivity contribution in [2.45, 2.75) is 12.8 Å². The lowest BCUT2D eigenvalue weighted by molar-refractivity contribution is -0.116. The predicted molar refractivity (Wildman–Crippen MR) is 66.5 cm³/mol. The van der Waals surface area contributed by atoms with Crippen molar-refractivity contribution in [2.24, 2.45) is 5.73 Å². The largest absolute Gasteiger partial charge is 0.497 e. The average Bonchev–Trinajstić information content (AvgIpc) is 2.36. The van der Waals surface area contributed by atoms with Gasteiger partial charge in [0.15, 0.2) is 0 Å². The summed E-state index contributed by atoms with van der Waals surface area (Å²) in [6, 6.07) is 5.23. The maximum atomic E-state index is 11.5. The summed E-state index contributed by atoms with van der Waals surface area (Å²) < 4.78 is 10.2. The molecule has 1 amide bonds. The maximum absolute atomic E-state index is 11.5. The molecular weight excluding hydrogens is 220 g/mol. The molecule has 0 aliphatic carbocycles. The minimum atomic E-state index is -0.0704. The fraction of sp³-hybridized carbons (Fsp3) is 0.417. The Morgan fingerprint density at radius 2 is 2.12 bits per heavy atom. The molecule has 0 unspecified atom stereocenters. The SMILES string of the molecule is COc1ccc(NC(=O)CCCN)c(OC)c1. The van der Waals surface area contributed by atoms with Gasteiger partial charge in [0, 0.05) is 12.5 Å². The van der Waals surface area contributed by atoms with E-state index >= 15 is 0 Å². The number of methoxy groups -OCH3 is 2. The van der Waals surface area contributed by atoms with Crippen molar-refractivity contribution < 1.29 is 14.3 Å². The molecule has 0 spiro atoms. The van der Waals surface area contributed by atoms with Crippen LogP contribution in [0.1, 0.15) is 12.8 Å². The van der Waals surface area contributed by atoms with Gasteiger partial charge >= 0.3 is 0 Å². The molecule has 1 rings (SSSR count). The Morgan fingerprint density at radius 3 is 2.71 bits per heavy atom. The van der Waals surface area contributed by atoms with E-state index in [1.807, 2.05) is 0 Å². The number of benzene rings is 1. The van der Waals surface area contributed by atoms with Crippen LogP contribution in [0.3, 0.4) is 0 Å². The molecule has 5 nitrogen and oxygen atoms in total. The second kappa shape index (κ2) is 6.75. The van der Waals surface area contributed by atoms with Crippen LogP contribution in [0, 0.1) is 0 Å². The molecule has 0 aromatic heterocycles. The number of hydrogen-bond donors (Lipinski definition) is 2. The van der Waals surface area contributed by atoms with Crippen LogP contribution < -0.4 is 20.5 Å². The number of anilines is 1. The minimum Gasteiger partial charge on any atom is -0.497 e. The van der Waals surface area contributed by atoms with E-state index in [9.17, 15) is 4.79 Å². The summed E-state index contributed by atoms with van der Waals surface area (Å²) in [6.07, 6.45) is 1.08. The molecular formula is C12H18N2O3. The number of nitrogens with one attached hydrogen (secondary N) is 1. The minimum absolute atomic E-state index is 0.0704. The van der Waals surface area contributed by atoms with Crippen LogP contribution in [0.5, 0.6) is 11.5 Å². The summed E-state index contributed by atoms with van der Waals surface area (Å²) in [5.41, 5.74) is 5.98. The molecule has 0 atom stereocenters. The van der Waals surface area contributed by atoms with E-state index in [-0.39, 0.29) is 5.91 Å². The highest BCUT2D eigenvalue weighted by Crippen LogP contribution is 2.29. The Kier molecular flexibility index (Phi) is 5.29. The Morgan fingerprint density at radius 1 is 1.35 bits per heavy atom. The smallest absolute Gasteiger partial charge is 0.224 e. The van der Waals surface area contributed by atoms with Crippen LogP contribution in [0.25, 0.3) is 0 Å². The lowest BCUT2D eigenvalue weighted by Gasteiger charge is -2.11. The second-order valence-electron chi connectivity index (χ2n) is 3.51. The highest BCUT2D eigenvalue weighted by Gasteiger charge is 2.08. The van der Waals surface area contributed by atoms with Crippen molar-refractivity contribution in [3.63, 3.8) is 0 Å². The Balaban J connectivity index is 2.73. The van der Waals surface area contributed by atoms with E-state index < -0.39 is 0 Å². The van der Waals surface area contributed by atoms with Crippen LogP contribution in [0.4, 0.5) is 5.69 Å². The summed E-state index contributed by atoms with van der Waals surface area (Å²) in [4.78, 5) is 11.5. The molecule has 0 heterocycles. The Bertz CT molecular complexity index is 380. The number of carbonyl (C=O) groups is 1. The Hall–Kier alpha value is -1.75. The van der Waals surface area contributed by atoms with E-state index in [1.165, 1.54) is 0 Å². The van der Waals surface area contributed by atoms with E-state index in [0.717, 1.165) is 0 Å². The number of rotatable bonds is 6. The molecule has 17 heavy (non-hydrogen) atoms. The van der Waals surface area contributed by atoms with Gasteiger partial charge in [0.25, 0.3) is 0 Å². The maximum Gasteiger partial charge on any atom is 0.224 e. The molecule has 0 radical (unpaired) electrons. The second-order valence-corrected chi connectivity index (χ2v) is 3.51. The van der Waals surface area contributed by atoms with Crippen molar-refractivity contribution in [3.8, 4) is 11.5 Å². The zero-order valence-electron chi connectivity index (χ0n) is 10.2. The first kappa shape index (κ1) is 13.3. The summed E-state index contributed by atoms with van der Waals surface area (Å²) in [5, 5.41) is 2.77. The standard InChI is InChI=1S/C12H18N2O3/c1-16-9-5-6-10(11(8-9)17-2)14-12(15)4-3-7-13/h5-6,8H,3-4,7,13H2,1-2H3,(H,14,15). The van der Waals surface area contributed by atoms with Crippen molar-refractivity contribution in [2.75, 3.05) is 26.1 Å². The van der Waals surface area contributed by atoms with Crippen LogP contribution in [-0.4, -0.2) is 26.7 Å². The fourth-order valence-electron chi connectivity index (χ4n) is 1.38. The molecule has 0 aliphatic heterocycles. The van der Waals surface area contributed by atoms with Crippen molar-refractivity contribution in [3.05, 3.63) is 18.2 Å². The molecule has 0 saturated carbocycles. The van der Waals surface area contributed by atoms with Gasteiger partial charge in [-0.3, -0.25) is 4.79 Å². The van der Waals surface area contributed by atoms with Gasteiger partial charge in [0.1, 0.15) is 11.5 Å². The van der Waals surface area contributed by atoms with Gasteiger partial charge in [0.05, 0.1) is 19.9 Å². The topological polar surface area (TPSA) is 73.6 Å². The van der Waals surface area contributed by atoms with Crippen molar-refractivity contribution >= 4 is 11.6 Å². The monoisotopic (exact) mass is 238 g/mol. The average molecular weight is 238 g/mol. The number of hydrogen-bond acceptors (Lipinski definition) is 4. The Labute approximate surface area is 101 Å². The molecule has 0 bridgehead atoms. The van der Waals surface area contributed by atoms with Crippen LogP contribution >= 0.6 is 0 Å². The van der Waals surface area contributed by atoms with Crippen LogP contribution in [-0.2, 0) is 4.79 Å². The first-order chi connectivity index (χ1) is 8.21. The lowest BCUT2D eigenvalue weighted by atomic mass is 10.2. The highest BCUT2D eigenvalue weighted by atomic mass is 16.5. The van der Waals surface area contributed by atoms with Gasteiger partial charge in [-0.05, 0) is 25.1 Å². The van der Waals surface area contributed by atoms with E-state index in [2.05, 4.69) is 5.32 Å². The molecule has 1 aromatic rings. The zero-order chi connectivity index (χ0) is 12.7. The third-order valence-corrected chi connectivity index (χ3v) is 2.29. The van der Waals surface area contributed by atoms with Gasteiger partial charge in [-0.25, -0.2) is 0 Å². The first-order valence-electron chi connectivity index (χ1n) is 5.43. The highest BCUT2D eigenvalue weighted by molar-refractivity contribution is 5.92. The third kappa shape index (κ3) is 3.96. The van der Waals surface area contributed by atoms with Gasteiger partial charge < -0.3 is 20.5 Å². The number of amides is 1. The zero-order valence-corrected chi connectivity index (χ0v) is 10.2. The molecule has 5 heteroatoms. The van der Waals surface area contributed by atoms with E-state index in [0.29, 0.717) is 36.6 Å². The van der Waals surface area contributed by atoms with Crippen molar-refractivity contribution in [1.29, 1.82) is 0 Å². The molecule has 0 saturated heterocycles. The summed E-state index contributed by atoms with van der Waals surface area (Å²) >= 11 is 0. The summed E-state index contributed by atoms with van der Waals surface area (Å²) in [7, 11) is 3.12. The van der Waals surface area contributed by atoms with Crippen molar-refractivity contribution in [1.82, 2.24) is 0 Å². The van der Waals surface area contributed by atoms with Gasteiger partial charge in [0.2, 0.25) is 5.91 Å². The van der Waals surface area contributed by atoms with Gasteiger partial charge in [-0.2, -0.15) is 0 Å². The van der Waals surface area contributed by atoms with E-state index in [4.69, 9.17) is 15.2 Å². The number of ether oxygens (including phenoxy) is 2. The third-order valence-electron chi connectivity index (χ3n) is 2.29. The number of carbonyl (C=O) groups excluding carboxylic acids is 1. The van der Waals surface area contributed by atoms with Gasteiger partial charge in [-0.1, -0.05) is 0 Å². The van der Waals surface area contributed by atoms with Crippen LogP contribution in [0.2, 0.25) is 0 Å². The normalized spacial score (nSPS) is 9.82. The molecule has 0 fully saturated rings. The number of nitrogens with two attached hydrogens (primary N) is 1. The van der Waals surface area contributed by atoms with Gasteiger partial charge in [-0.15, -0.1) is 0 Å². The molecule has 1 aromatic carbocycles. The lowest BCUT2D eigenvalue weighted by Crippen LogP contribution is -2.14. The molecule has 0 aliphatic rings. The molecule has 3 N–H and O–H groups in total. The fourth-order valence-corrected chi connectivity index (χ4v) is 1.38. The molecule has 94 valence electrons. The van der Waals surface area contributed by atoms with E-state index in [1.54, 1.807) is 32.4 Å².